The van der Waals surface area contributed by atoms with E-state index in [4.69, 9.17) is 11.6 Å². The van der Waals surface area contributed by atoms with Crippen molar-refractivity contribution in [1.29, 1.82) is 0 Å². The van der Waals surface area contributed by atoms with E-state index in [1.165, 1.54) is 0 Å². The molecule has 4 heteroatoms. The second-order valence-electron chi connectivity index (χ2n) is 5.67. The molecule has 0 spiro atoms. The third-order valence-corrected chi connectivity index (χ3v) is 4.08. The summed E-state index contributed by atoms with van der Waals surface area (Å²) in [5.41, 5.74) is 1.15. The van der Waals surface area contributed by atoms with Crippen LogP contribution in [-0.2, 0) is 0 Å². The zero-order valence-corrected chi connectivity index (χ0v) is 14.7. The van der Waals surface area contributed by atoms with Gasteiger partial charge in [0.05, 0.1) is 0 Å². The number of nitrogens with one attached hydrogen (secondary N) is 1. The van der Waals surface area contributed by atoms with Gasteiger partial charge in [0.2, 0.25) is 0 Å². The molecule has 0 radical (unpaired) electrons. The quantitative estimate of drug-likeness (QED) is 0.823. The standard InChI is InChI=1S/C15H24BrClN2/c1-10(2)15(9-19(4)5)18-11(3)13-7-6-12(16)8-14(13)17/h6-8,10-11,15,18H,9H2,1-5H3. The van der Waals surface area contributed by atoms with Crippen LogP contribution in [0.4, 0.5) is 0 Å². The van der Waals surface area contributed by atoms with Crippen LogP contribution in [0.5, 0.6) is 0 Å². The molecule has 1 rings (SSSR count). The Kier molecular flexibility index (Phi) is 6.81. The van der Waals surface area contributed by atoms with Crippen LogP contribution in [0.25, 0.3) is 0 Å². The summed E-state index contributed by atoms with van der Waals surface area (Å²) in [5.74, 6) is 0.582. The van der Waals surface area contributed by atoms with Crippen LogP contribution in [0.1, 0.15) is 32.4 Å². The Balaban J connectivity index is 2.78. The molecule has 108 valence electrons. The summed E-state index contributed by atoms with van der Waals surface area (Å²) < 4.78 is 1.02. The number of nitrogens with zero attached hydrogens (tertiary/aromatic N) is 1. The monoisotopic (exact) mass is 346 g/mol. The molecule has 0 saturated heterocycles. The largest absolute Gasteiger partial charge is 0.308 e. The predicted octanol–water partition coefficient (Wildman–Crippen LogP) is 4.34. The van der Waals surface area contributed by atoms with E-state index in [1.54, 1.807) is 0 Å². The summed E-state index contributed by atoms with van der Waals surface area (Å²) in [7, 11) is 4.21. The number of hydrogen-bond acceptors (Lipinski definition) is 2. The molecule has 0 amide bonds. The maximum atomic E-state index is 6.31. The van der Waals surface area contributed by atoms with Crippen LogP contribution in [-0.4, -0.2) is 31.6 Å². The minimum absolute atomic E-state index is 0.243. The number of hydrogen-bond donors (Lipinski definition) is 1. The van der Waals surface area contributed by atoms with Gasteiger partial charge in [0.15, 0.2) is 0 Å². The fourth-order valence-corrected chi connectivity index (χ4v) is 2.95. The number of likely N-dealkylation sites (N-methyl/N-ethyl adjacent to an activating group) is 1. The molecule has 1 aromatic carbocycles. The van der Waals surface area contributed by atoms with Gasteiger partial charge in [0.1, 0.15) is 0 Å². The third kappa shape index (κ3) is 5.42. The van der Waals surface area contributed by atoms with E-state index in [1.807, 2.05) is 12.1 Å². The van der Waals surface area contributed by atoms with Crippen LogP contribution in [0.2, 0.25) is 5.02 Å². The number of rotatable bonds is 6. The summed E-state index contributed by atoms with van der Waals surface area (Å²) in [5, 5.41) is 4.49. The van der Waals surface area contributed by atoms with Crippen molar-refractivity contribution in [1.82, 2.24) is 10.2 Å². The van der Waals surface area contributed by atoms with E-state index in [0.717, 1.165) is 21.6 Å². The van der Waals surface area contributed by atoms with Crippen molar-refractivity contribution in [2.75, 3.05) is 20.6 Å². The van der Waals surface area contributed by atoms with Crippen molar-refractivity contribution in [3.05, 3.63) is 33.3 Å². The number of benzene rings is 1. The molecule has 0 heterocycles. The third-order valence-electron chi connectivity index (χ3n) is 3.26. The molecule has 1 aromatic rings. The first-order valence-electron chi connectivity index (χ1n) is 6.67. The topological polar surface area (TPSA) is 15.3 Å². The van der Waals surface area contributed by atoms with Crippen molar-refractivity contribution in [3.8, 4) is 0 Å². The van der Waals surface area contributed by atoms with Crippen molar-refractivity contribution in [2.45, 2.75) is 32.9 Å². The Hall–Kier alpha value is -0.0900. The van der Waals surface area contributed by atoms with Crippen LogP contribution < -0.4 is 5.32 Å². The van der Waals surface area contributed by atoms with Gasteiger partial charge in [-0.2, -0.15) is 0 Å². The highest BCUT2D eigenvalue weighted by atomic mass is 79.9. The van der Waals surface area contributed by atoms with Gasteiger partial charge < -0.3 is 10.2 Å². The molecule has 0 saturated carbocycles. The molecular formula is C15H24BrClN2. The van der Waals surface area contributed by atoms with Gasteiger partial charge in [0, 0.05) is 28.1 Å². The Morgan fingerprint density at radius 3 is 2.37 bits per heavy atom. The van der Waals surface area contributed by atoms with Gasteiger partial charge in [-0.25, -0.2) is 0 Å². The lowest BCUT2D eigenvalue weighted by atomic mass is 10.0. The second kappa shape index (κ2) is 7.63. The highest BCUT2D eigenvalue weighted by Crippen LogP contribution is 2.27. The minimum Gasteiger partial charge on any atom is -0.308 e. The summed E-state index contributed by atoms with van der Waals surface area (Å²) in [4.78, 5) is 2.22. The molecule has 2 nitrogen and oxygen atoms in total. The fourth-order valence-electron chi connectivity index (χ4n) is 2.11. The highest BCUT2D eigenvalue weighted by Gasteiger charge is 2.18. The molecule has 0 fully saturated rings. The van der Waals surface area contributed by atoms with Gasteiger partial charge in [-0.3, -0.25) is 0 Å². The van der Waals surface area contributed by atoms with E-state index in [0.29, 0.717) is 12.0 Å². The maximum absolute atomic E-state index is 6.31. The summed E-state index contributed by atoms with van der Waals surface area (Å²) in [6, 6.07) is 6.76. The molecule has 2 unspecified atom stereocenters. The van der Waals surface area contributed by atoms with Crippen molar-refractivity contribution in [2.24, 2.45) is 5.92 Å². The molecule has 2 atom stereocenters. The number of halogens is 2. The molecule has 19 heavy (non-hydrogen) atoms. The normalized spacial score (nSPS) is 15.0. The zero-order chi connectivity index (χ0) is 14.6. The maximum Gasteiger partial charge on any atom is 0.0464 e. The van der Waals surface area contributed by atoms with Gasteiger partial charge >= 0.3 is 0 Å². The molecule has 0 aliphatic rings. The molecule has 0 aliphatic carbocycles. The smallest absolute Gasteiger partial charge is 0.0464 e. The first-order chi connectivity index (χ1) is 8.81. The highest BCUT2D eigenvalue weighted by molar-refractivity contribution is 9.10. The Labute approximate surface area is 130 Å². The Bertz CT molecular complexity index is 407. The Morgan fingerprint density at radius 1 is 1.26 bits per heavy atom. The fraction of sp³-hybridized carbons (Fsp3) is 0.600. The second-order valence-corrected chi connectivity index (χ2v) is 6.99. The summed E-state index contributed by atoms with van der Waals surface area (Å²) >= 11 is 9.75. The Morgan fingerprint density at radius 2 is 1.89 bits per heavy atom. The average Bonchev–Trinajstić information content (AvgIpc) is 2.26. The van der Waals surface area contributed by atoms with Crippen LogP contribution in [0.3, 0.4) is 0 Å². The SMILES string of the molecule is CC(NC(CN(C)C)C(C)C)c1ccc(Br)cc1Cl. The van der Waals surface area contributed by atoms with Gasteiger partial charge in [-0.1, -0.05) is 47.4 Å². The first-order valence-corrected chi connectivity index (χ1v) is 7.84. The van der Waals surface area contributed by atoms with E-state index >= 15 is 0 Å². The molecule has 1 N–H and O–H groups in total. The predicted molar refractivity (Wildman–Crippen MR) is 87.9 cm³/mol. The molecule has 0 bridgehead atoms. The van der Waals surface area contributed by atoms with Gasteiger partial charge in [-0.15, -0.1) is 0 Å². The van der Waals surface area contributed by atoms with Crippen LogP contribution in [0.15, 0.2) is 22.7 Å². The lowest BCUT2D eigenvalue weighted by molar-refractivity contribution is 0.273. The van der Waals surface area contributed by atoms with Gasteiger partial charge in [0.25, 0.3) is 0 Å². The summed E-state index contributed by atoms with van der Waals surface area (Å²) in [6.45, 7) is 7.68. The van der Waals surface area contributed by atoms with Crippen LogP contribution >= 0.6 is 27.5 Å². The lowest BCUT2D eigenvalue weighted by Crippen LogP contribution is -2.43. The van der Waals surface area contributed by atoms with Crippen molar-refractivity contribution >= 4 is 27.5 Å². The van der Waals surface area contributed by atoms with Crippen LogP contribution in [0, 0.1) is 5.92 Å². The van der Waals surface area contributed by atoms with E-state index in [2.05, 4.69) is 67.1 Å². The molecular weight excluding hydrogens is 324 g/mol. The average molecular weight is 348 g/mol. The zero-order valence-electron chi connectivity index (χ0n) is 12.4. The van der Waals surface area contributed by atoms with Crippen molar-refractivity contribution in [3.63, 3.8) is 0 Å². The van der Waals surface area contributed by atoms with E-state index in [9.17, 15) is 0 Å². The van der Waals surface area contributed by atoms with E-state index < -0.39 is 0 Å². The minimum atomic E-state index is 0.243. The molecule has 0 aliphatic heterocycles. The van der Waals surface area contributed by atoms with Crippen molar-refractivity contribution < 1.29 is 0 Å². The lowest BCUT2D eigenvalue weighted by Gasteiger charge is -2.29. The van der Waals surface area contributed by atoms with Gasteiger partial charge in [-0.05, 0) is 44.6 Å². The molecule has 0 aromatic heterocycles. The summed E-state index contributed by atoms with van der Waals surface area (Å²) in [6.07, 6.45) is 0. The first kappa shape index (κ1) is 17.0. The van der Waals surface area contributed by atoms with E-state index in [-0.39, 0.29) is 6.04 Å².